The number of hydrogen-bond donors (Lipinski definition) is 3. The van der Waals surface area contributed by atoms with Crippen molar-refractivity contribution in [3.05, 3.63) is 59.0 Å². The summed E-state index contributed by atoms with van der Waals surface area (Å²) in [6.07, 6.45) is 6.57. The number of hydrogen-bond acceptors (Lipinski definition) is 4. The minimum atomic E-state index is -3.68. The summed E-state index contributed by atoms with van der Waals surface area (Å²) < 4.78 is 28.2. The van der Waals surface area contributed by atoms with Crippen molar-refractivity contribution in [3.63, 3.8) is 0 Å². The van der Waals surface area contributed by atoms with Crippen LogP contribution in [0.5, 0.6) is 0 Å². The molecular formula is C18H17N5O3S. The molecule has 0 atom stereocenters. The Bertz CT molecular complexity index is 1300. The van der Waals surface area contributed by atoms with Gasteiger partial charge in [-0.25, -0.2) is 13.4 Å². The lowest BCUT2D eigenvalue weighted by Gasteiger charge is -2.21. The second kappa shape index (κ2) is 5.80. The highest BCUT2D eigenvalue weighted by molar-refractivity contribution is 7.89. The molecule has 3 aromatic heterocycles. The van der Waals surface area contributed by atoms with Crippen molar-refractivity contribution >= 4 is 31.8 Å². The number of H-pyrrole nitrogens is 3. The lowest BCUT2D eigenvalue weighted by molar-refractivity contribution is 0.395. The van der Waals surface area contributed by atoms with Crippen molar-refractivity contribution in [2.24, 2.45) is 0 Å². The second-order valence-corrected chi connectivity index (χ2v) is 8.68. The minimum absolute atomic E-state index is 0.0110. The number of benzene rings is 1. The first-order valence-corrected chi connectivity index (χ1v) is 10.1. The molecule has 0 saturated heterocycles. The van der Waals surface area contributed by atoms with E-state index in [0.717, 1.165) is 18.5 Å². The Morgan fingerprint density at radius 2 is 2.00 bits per heavy atom. The number of rotatable bonds is 5. The van der Waals surface area contributed by atoms with Crippen LogP contribution in [0.2, 0.25) is 0 Å². The van der Waals surface area contributed by atoms with Gasteiger partial charge in [0.25, 0.3) is 5.56 Å². The Balaban J connectivity index is 1.64. The summed E-state index contributed by atoms with van der Waals surface area (Å²) in [6, 6.07) is 6.63. The number of nitrogens with zero attached hydrogens (tertiary/aromatic N) is 2. The van der Waals surface area contributed by atoms with Gasteiger partial charge in [-0.2, -0.15) is 4.31 Å². The fourth-order valence-electron chi connectivity index (χ4n) is 3.43. The normalized spacial score (nSPS) is 15.1. The number of imidazole rings is 1. The molecule has 27 heavy (non-hydrogen) atoms. The first-order chi connectivity index (χ1) is 13.0. The van der Waals surface area contributed by atoms with Crippen LogP contribution in [0.1, 0.15) is 18.5 Å². The molecule has 138 valence electrons. The summed E-state index contributed by atoms with van der Waals surface area (Å²) in [5.74, 6) is 0. The van der Waals surface area contributed by atoms with E-state index in [-0.39, 0.29) is 23.0 Å². The van der Waals surface area contributed by atoms with Gasteiger partial charge in [0, 0.05) is 40.4 Å². The molecule has 0 bridgehead atoms. The third kappa shape index (κ3) is 2.66. The molecule has 0 spiro atoms. The molecule has 1 aliphatic rings. The van der Waals surface area contributed by atoms with Gasteiger partial charge in [-0.3, -0.25) is 4.79 Å². The number of pyridine rings is 1. The second-order valence-electron chi connectivity index (χ2n) is 6.79. The smallest absolute Gasteiger partial charge is 0.272 e. The van der Waals surface area contributed by atoms with Gasteiger partial charge >= 0.3 is 0 Å². The Kier molecular flexibility index (Phi) is 3.49. The number of aromatic nitrogens is 4. The lowest BCUT2D eigenvalue weighted by Crippen LogP contribution is -2.32. The highest BCUT2D eigenvalue weighted by Crippen LogP contribution is 2.34. The predicted octanol–water partition coefficient (Wildman–Crippen LogP) is 2.09. The molecule has 0 radical (unpaired) electrons. The van der Waals surface area contributed by atoms with Crippen LogP contribution in [0.25, 0.3) is 21.8 Å². The van der Waals surface area contributed by atoms with Gasteiger partial charge < -0.3 is 15.0 Å². The van der Waals surface area contributed by atoms with E-state index in [0.29, 0.717) is 21.8 Å². The topological polar surface area (TPSA) is 115 Å². The van der Waals surface area contributed by atoms with Crippen LogP contribution in [0, 0.1) is 0 Å². The summed E-state index contributed by atoms with van der Waals surface area (Å²) in [7, 11) is -3.68. The van der Waals surface area contributed by atoms with Gasteiger partial charge in [-0.15, -0.1) is 0 Å². The fourth-order valence-corrected chi connectivity index (χ4v) is 5.12. The third-order valence-corrected chi connectivity index (χ3v) is 6.84. The molecule has 9 heteroatoms. The Hall–Kier alpha value is -2.91. The maximum atomic E-state index is 13.3. The van der Waals surface area contributed by atoms with Gasteiger partial charge in [0.1, 0.15) is 5.52 Å². The molecule has 3 N–H and O–H groups in total. The summed E-state index contributed by atoms with van der Waals surface area (Å²) in [4.78, 5) is 25.0. The van der Waals surface area contributed by atoms with Gasteiger partial charge in [0.05, 0.1) is 17.8 Å². The van der Waals surface area contributed by atoms with E-state index in [1.807, 2.05) is 0 Å². The highest BCUT2D eigenvalue weighted by atomic mass is 32.2. The van der Waals surface area contributed by atoms with Gasteiger partial charge in [0.15, 0.2) is 0 Å². The first-order valence-electron chi connectivity index (χ1n) is 8.66. The van der Waals surface area contributed by atoms with E-state index in [2.05, 4.69) is 19.9 Å². The number of nitrogens with one attached hydrogen (secondary N) is 3. The summed E-state index contributed by atoms with van der Waals surface area (Å²) in [5.41, 5.74) is 1.58. The fraction of sp³-hybridized carbons (Fsp3) is 0.222. The molecule has 0 aliphatic heterocycles. The molecule has 1 fully saturated rings. The van der Waals surface area contributed by atoms with Crippen LogP contribution in [0.4, 0.5) is 0 Å². The summed E-state index contributed by atoms with van der Waals surface area (Å²) in [6.45, 7) is 0.260. The van der Waals surface area contributed by atoms with Crippen molar-refractivity contribution in [2.45, 2.75) is 30.3 Å². The zero-order valence-electron chi connectivity index (χ0n) is 14.3. The van der Waals surface area contributed by atoms with E-state index in [1.54, 1.807) is 43.0 Å². The van der Waals surface area contributed by atoms with E-state index in [4.69, 9.17) is 0 Å². The molecular weight excluding hydrogens is 366 g/mol. The van der Waals surface area contributed by atoms with Gasteiger partial charge in [-0.05, 0) is 37.1 Å². The molecule has 5 rings (SSSR count). The third-order valence-electron chi connectivity index (χ3n) is 4.95. The Morgan fingerprint density at radius 3 is 2.74 bits per heavy atom. The number of sulfonamides is 1. The Labute approximate surface area is 154 Å². The van der Waals surface area contributed by atoms with Crippen molar-refractivity contribution in [2.75, 3.05) is 0 Å². The van der Waals surface area contributed by atoms with Crippen LogP contribution in [-0.2, 0) is 16.6 Å². The summed E-state index contributed by atoms with van der Waals surface area (Å²) in [5, 5.41) is 1.40. The first kappa shape index (κ1) is 16.3. The van der Waals surface area contributed by atoms with Crippen molar-refractivity contribution in [1.82, 2.24) is 24.2 Å². The molecule has 1 aromatic carbocycles. The number of aromatic amines is 3. The van der Waals surface area contributed by atoms with E-state index < -0.39 is 10.0 Å². The van der Waals surface area contributed by atoms with E-state index >= 15 is 0 Å². The molecule has 3 heterocycles. The van der Waals surface area contributed by atoms with Crippen LogP contribution in [0.15, 0.2) is 52.7 Å². The monoisotopic (exact) mass is 383 g/mol. The number of fused-ring (bicyclic) bond motifs is 3. The van der Waals surface area contributed by atoms with Gasteiger partial charge in [-0.1, -0.05) is 0 Å². The van der Waals surface area contributed by atoms with Crippen LogP contribution in [-0.4, -0.2) is 38.7 Å². The van der Waals surface area contributed by atoms with Crippen LogP contribution < -0.4 is 5.56 Å². The van der Waals surface area contributed by atoms with Crippen molar-refractivity contribution < 1.29 is 8.42 Å². The average Bonchev–Trinajstić information content (AvgIpc) is 3.14. The molecule has 4 aromatic rings. The largest absolute Gasteiger partial charge is 0.357 e. The molecule has 1 saturated carbocycles. The van der Waals surface area contributed by atoms with E-state index in [9.17, 15) is 13.2 Å². The highest BCUT2D eigenvalue weighted by Gasteiger charge is 2.38. The molecule has 0 amide bonds. The zero-order chi connectivity index (χ0) is 18.6. The van der Waals surface area contributed by atoms with Gasteiger partial charge in [0.2, 0.25) is 10.0 Å². The Morgan fingerprint density at radius 1 is 1.15 bits per heavy atom. The zero-order valence-corrected chi connectivity index (χ0v) is 15.1. The molecule has 8 nitrogen and oxygen atoms in total. The maximum absolute atomic E-state index is 13.3. The SMILES string of the molecule is O=c1[nH]c2ccc(S(=O)(=O)N(Cc3cnc[nH]3)C3CC3)cc2c2cc[nH]c12. The van der Waals surface area contributed by atoms with Crippen molar-refractivity contribution in [1.29, 1.82) is 0 Å². The lowest BCUT2D eigenvalue weighted by atomic mass is 10.1. The standard InChI is InChI=1S/C18H17N5O3S/c24-18-17-14(5-6-20-17)15-7-13(3-4-16(15)22-18)27(25,26)23(12-1-2-12)9-11-8-19-10-21-11/h3-8,10,12,20H,1-2,9H2,(H,19,21)(H,22,24). The predicted molar refractivity (Wildman–Crippen MR) is 101 cm³/mol. The van der Waals surface area contributed by atoms with E-state index in [1.165, 1.54) is 4.31 Å². The van der Waals surface area contributed by atoms with Crippen LogP contribution >= 0.6 is 0 Å². The molecule has 1 aliphatic carbocycles. The van der Waals surface area contributed by atoms with Crippen LogP contribution in [0.3, 0.4) is 0 Å². The minimum Gasteiger partial charge on any atom is -0.357 e. The maximum Gasteiger partial charge on any atom is 0.272 e. The quantitative estimate of drug-likeness (QED) is 0.489. The molecule has 0 unspecified atom stereocenters. The average molecular weight is 383 g/mol. The van der Waals surface area contributed by atoms with Crippen molar-refractivity contribution in [3.8, 4) is 0 Å². The summed E-state index contributed by atoms with van der Waals surface area (Å²) >= 11 is 0.